The van der Waals surface area contributed by atoms with Gasteiger partial charge in [-0.2, -0.15) is 11.8 Å². The van der Waals surface area contributed by atoms with Crippen molar-refractivity contribution in [3.05, 3.63) is 0 Å². The number of amides is 3. The molecule has 0 unspecified atom stereocenters. The summed E-state index contributed by atoms with van der Waals surface area (Å²) in [5, 5.41) is 13.8. The number of piperidine rings is 1. The third-order valence-corrected chi connectivity index (χ3v) is 3.97. The molecule has 1 aliphatic rings. The maximum atomic E-state index is 11.9. The van der Waals surface area contributed by atoms with Crippen LogP contribution in [0.3, 0.4) is 0 Å². The number of carboxylic acid groups (broad SMARTS) is 1. The number of thioether (sulfide) groups is 1. The largest absolute Gasteiger partial charge is 0.480 e. The molecule has 0 spiro atoms. The fourth-order valence-corrected chi connectivity index (χ4v) is 2.58. The minimum absolute atomic E-state index is 0.0965. The zero-order valence-electron chi connectivity index (χ0n) is 12.3. The van der Waals surface area contributed by atoms with Crippen LogP contribution in [0.5, 0.6) is 0 Å². The van der Waals surface area contributed by atoms with Crippen molar-refractivity contribution in [2.45, 2.75) is 31.7 Å². The van der Waals surface area contributed by atoms with Gasteiger partial charge in [0.15, 0.2) is 0 Å². The van der Waals surface area contributed by atoms with Crippen LogP contribution < -0.4 is 10.6 Å². The number of likely N-dealkylation sites (tertiary alicyclic amines) is 1. The lowest BCUT2D eigenvalue weighted by Crippen LogP contribution is -2.49. The first-order valence-electron chi connectivity index (χ1n) is 7.08. The first-order chi connectivity index (χ1) is 10.0. The van der Waals surface area contributed by atoms with Gasteiger partial charge in [0.1, 0.15) is 6.04 Å². The molecule has 120 valence electrons. The lowest BCUT2D eigenvalue weighted by molar-refractivity contribution is -0.139. The molecule has 0 saturated carbocycles. The number of hydrogen-bond acceptors (Lipinski definition) is 4. The Kier molecular flexibility index (Phi) is 7.96. The predicted molar refractivity (Wildman–Crippen MR) is 81.4 cm³/mol. The van der Waals surface area contributed by atoms with Crippen LogP contribution in [0.25, 0.3) is 0 Å². The molecule has 21 heavy (non-hydrogen) atoms. The highest BCUT2D eigenvalue weighted by atomic mass is 32.2. The molecule has 7 nitrogen and oxygen atoms in total. The highest BCUT2D eigenvalue weighted by Gasteiger charge is 2.21. The van der Waals surface area contributed by atoms with E-state index in [4.69, 9.17) is 5.11 Å². The van der Waals surface area contributed by atoms with Crippen LogP contribution in [0.1, 0.15) is 25.7 Å². The minimum atomic E-state index is -1.07. The van der Waals surface area contributed by atoms with E-state index in [2.05, 4.69) is 10.6 Å². The molecule has 1 rings (SSSR count). The summed E-state index contributed by atoms with van der Waals surface area (Å²) in [6.07, 6.45) is 5.34. The van der Waals surface area contributed by atoms with Gasteiger partial charge < -0.3 is 20.6 Å². The first kappa shape index (κ1) is 17.6. The standard InChI is InChI=1S/C13H23N3O4S/c1-21-8-5-10(12(18)19)15-13(20)14-9-11(17)16-6-3-2-4-7-16/h10H,2-9H2,1H3,(H,18,19)(H2,14,15,20)/t10-/m0/s1. The van der Waals surface area contributed by atoms with Gasteiger partial charge in [-0.1, -0.05) is 0 Å². The predicted octanol–water partition coefficient (Wildman–Crippen LogP) is 0.504. The van der Waals surface area contributed by atoms with E-state index >= 15 is 0 Å². The van der Waals surface area contributed by atoms with E-state index in [-0.39, 0.29) is 12.5 Å². The number of nitrogens with one attached hydrogen (secondary N) is 2. The molecule has 0 radical (unpaired) electrons. The molecule has 8 heteroatoms. The molecule has 1 heterocycles. The Labute approximate surface area is 128 Å². The molecule has 0 bridgehead atoms. The molecule has 0 aromatic carbocycles. The molecule has 3 N–H and O–H groups in total. The highest BCUT2D eigenvalue weighted by molar-refractivity contribution is 7.98. The molecular weight excluding hydrogens is 294 g/mol. The van der Waals surface area contributed by atoms with Gasteiger partial charge >= 0.3 is 12.0 Å². The van der Waals surface area contributed by atoms with Crippen molar-refractivity contribution < 1.29 is 19.5 Å². The Balaban J connectivity index is 2.31. The van der Waals surface area contributed by atoms with Crippen molar-refractivity contribution in [3.63, 3.8) is 0 Å². The van der Waals surface area contributed by atoms with Crippen molar-refractivity contribution >= 4 is 29.7 Å². The van der Waals surface area contributed by atoms with E-state index in [1.54, 1.807) is 4.90 Å². The van der Waals surface area contributed by atoms with Gasteiger partial charge in [0.25, 0.3) is 0 Å². The minimum Gasteiger partial charge on any atom is -0.480 e. The number of hydrogen-bond donors (Lipinski definition) is 3. The highest BCUT2D eigenvalue weighted by Crippen LogP contribution is 2.08. The Morgan fingerprint density at radius 1 is 1.24 bits per heavy atom. The normalized spacial score (nSPS) is 16.1. The summed E-state index contributed by atoms with van der Waals surface area (Å²) in [7, 11) is 0. The Morgan fingerprint density at radius 3 is 2.48 bits per heavy atom. The van der Waals surface area contributed by atoms with Crippen molar-refractivity contribution in [1.82, 2.24) is 15.5 Å². The number of urea groups is 1. The zero-order chi connectivity index (χ0) is 15.7. The maximum Gasteiger partial charge on any atom is 0.326 e. The molecule has 0 aromatic rings. The molecule has 0 aliphatic carbocycles. The maximum absolute atomic E-state index is 11.9. The zero-order valence-corrected chi connectivity index (χ0v) is 13.1. The van der Waals surface area contributed by atoms with E-state index in [1.807, 2.05) is 6.26 Å². The number of carbonyl (C=O) groups is 3. The lowest BCUT2D eigenvalue weighted by Gasteiger charge is -2.26. The lowest BCUT2D eigenvalue weighted by atomic mass is 10.1. The molecular formula is C13H23N3O4S. The summed E-state index contributed by atoms with van der Waals surface area (Å²) in [6.45, 7) is 1.36. The average Bonchev–Trinajstić information content (AvgIpc) is 2.49. The summed E-state index contributed by atoms with van der Waals surface area (Å²) in [5.74, 6) is -0.549. The molecule has 1 fully saturated rings. The van der Waals surface area contributed by atoms with Gasteiger partial charge in [-0.3, -0.25) is 4.79 Å². The van der Waals surface area contributed by atoms with Gasteiger partial charge in [-0.15, -0.1) is 0 Å². The smallest absolute Gasteiger partial charge is 0.326 e. The fraction of sp³-hybridized carbons (Fsp3) is 0.769. The fourth-order valence-electron chi connectivity index (χ4n) is 2.11. The number of nitrogens with zero attached hydrogens (tertiary/aromatic N) is 1. The van der Waals surface area contributed by atoms with Crippen LogP contribution in [0.2, 0.25) is 0 Å². The molecule has 1 atom stereocenters. The van der Waals surface area contributed by atoms with Crippen LogP contribution in [0.4, 0.5) is 4.79 Å². The number of carbonyl (C=O) groups excluding carboxylic acids is 2. The van der Waals surface area contributed by atoms with Crippen LogP contribution in [-0.4, -0.2) is 65.6 Å². The summed E-state index contributed by atoms with van der Waals surface area (Å²) in [4.78, 5) is 36.2. The third-order valence-electron chi connectivity index (χ3n) is 3.32. The van der Waals surface area contributed by atoms with Gasteiger partial charge in [-0.05, 0) is 37.7 Å². The van der Waals surface area contributed by atoms with Crippen molar-refractivity contribution in [2.75, 3.05) is 31.6 Å². The summed E-state index contributed by atoms with van der Waals surface area (Å²) < 4.78 is 0. The van der Waals surface area contributed by atoms with Gasteiger partial charge in [0.2, 0.25) is 5.91 Å². The summed E-state index contributed by atoms with van der Waals surface area (Å²) >= 11 is 1.52. The van der Waals surface area contributed by atoms with Crippen molar-refractivity contribution in [3.8, 4) is 0 Å². The second-order valence-electron chi connectivity index (χ2n) is 4.94. The number of aliphatic carboxylic acids is 1. The Bertz CT molecular complexity index is 372. The van der Waals surface area contributed by atoms with E-state index in [0.29, 0.717) is 12.2 Å². The topological polar surface area (TPSA) is 98.7 Å². The number of carboxylic acids is 1. The van der Waals surface area contributed by atoms with E-state index in [0.717, 1.165) is 32.4 Å². The summed E-state index contributed by atoms with van der Waals surface area (Å²) in [5.41, 5.74) is 0. The quantitative estimate of drug-likeness (QED) is 0.635. The second kappa shape index (κ2) is 9.49. The Hall–Kier alpha value is -1.44. The second-order valence-corrected chi connectivity index (χ2v) is 5.93. The van der Waals surface area contributed by atoms with Crippen LogP contribution in [0, 0.1) is 0 Å². The Morgan fingerprint density at radius 2 is 1.90 bits per heavy atom. The summed E-state index contributed by atoms with van der Waals surface area (Å²) in [6, 6.07) is -1.54. The van der Waals surface area contributed by atoms with Crippen LogP contribution in [-0.2, 0) is 9.59 Å². The van der Waals surface area contributed by atoms with Crippen LogP contribution >= 0.6 is 11.8 Å². The molecule has 1 saturated heterocycles. The van der Waals surface area contributed by atoms with E-state index in [9.17, 15) is 14.4 Å². The molecule has 1 aliphatic heterocycles. The molecule has 0 aromatic heterocycles. The number of rotatable bonds is 7. The van der Waals surface area contributed by atoms with Crippen molar-refractivity contribution in [1.29, 1.82) is 0 Å². The van der Waals surface area contributed by atoms with Crippen LogP contribution in [0.15, 0.2) is 0 Å². The van der Waals surface area contributed by atoms with E-state index in [1.165, 1.54) is 11.8 Å². The molecule has 3 amide bonds. The SMILES string of the molecule is CSCC[C@H](NC(=O)NCC(=O)N1CCCCC1)C(=O)O. The van der Waals surface area contributed by atoms with Gasteiger partial charge in [0, 0.05) is 13.1 Å². The van der Waals surface area contributed by atoms with Gasteiger partial charge in [-0.25, -0.2) is 9.59 Å². The monoisotopic (exact) mass is 317 g/mol. The first-order valence-corrected chi connectivity index (χ1v) is 8.48. The van der Waals surface area contributed by atoms with Crippen molar-refractivity contribution in [2.24, 2.45) is 0 Å². The third kappa shape index (κ3) is 6.70. The van der Waals surface area contributed by atoms with E-state index < -0.39 is 18.0 Å². The average molecular weight is 317 g/mol. The van der Waals surface area contributed by atoms with Gasteiger partial charge in [0.05, 0.1) is 6.54 Å².